The predicted octanol–water partition coefficient (Wildman–Crippen LogP) is 2.31. The van der Waals surface area contributed by atoms with Crippen LogP contribution in [-0.4, -0.2) is 9.36 Å². The van der Waals surface area contributed by atoms with Gasteiger partial charge in [0.1, 0.15) is 5.69 Å². The van der Waals surface area contributed by atoms with Gasteiger partial charge in [0.15, 0.2) is 0 Å². The fraction of sp³-hybridized carbons (Fsp3) is 0.400. The highest BCUT2D eigenvalue weighted by Crippen LogP contribution is 2.11. The maximum Gasteiger partial charge on any atom is 0.290 e. The van der Waals surface area contributed by atoms with Crippen molar-refractivity contribution < 1.29 is 0 Å². The number of nitrogens with zero attached hydrogens (tertiary/aromatic N) is 2. The molecule has 2 rings (SSSR count). The van der Waals surface area contributed by atoms with Crippen LogP contribution < -0.4 is 11.3 Å². The number of aryl methyl sites for hydroxylation is 1. The number of nitrogens with two attached hydrogens (primary N) is 1. The van der Waals surface area contributed by atoms with E-state index >= 15 is 0 Å². The van der Waals surface area contributed by atoms with E-state index in [4.69, 9.17) is 5.73 Å². The van der Waals surface area contributed by atoms with Crippen LogP contribution >= 0.6 is 0 Å². The highest BCUT2D eigenvalue weighted by Gasteiger charge is 2.13. The average Bonchev–Trinajstić information content (AvgIpc) is 2.57. The lowest BCUT2D eigenvalue weighted by Gasteiger charge is -2.12. The van der Waals surface area contributed by atoms with Crippen LogP contribution in [0.3, 0.4) is 0 Å². The molecular weight excluding hydrogens is 238 g/mol. The van der Waals surface area contributed by atoms with E-state index in [-0.39, 0.29) is 5.56 Å². The average molecular weight is 259 g/mol. The minimum atomic E-state index is -0.0903. The standard InChI is InChI=1S/C15H21N3O/c1-4-8-17-12(3)14(16)15(19)18(17)10-13-7-5-6-11(2)9-13/h5-7,9H,4,8,10,16H2,1-3H3. The zero-order valence-corrected chi connectivity index (χ0v) is 11.8. The molecule has 4 heteroatoms. The zero-order valence-electron chi connectivity index (χ0n) is 11.8. The molecule has 2 N–H and O–H groups in total. The largest absolute Gasteiger partial charge is 0.393 e. The molecule has 0 atom stereocenters. The van der Waals surface area contributed by atoms with E-state index in [1.807, 2.05) is 23.7 Å². The highest BCUT2D eigenvalue weighted by atomic mass is 16.1. The third kappa shape index (κ3) is 2.57. The Hall–Kier alpha value is -1.97. The number of benzene rings is 1. The Morgan fingerprint density at radius 1 is 1.21 bits per heavy atom. The first-order chi connectivity index (χ1) is 9.04. The summed E-state index contributed by atoms with van der Waals surface area (Å²) in [5, 5.41) is 0. The maximum absolute atomic E-state index is 12.2. The van der Waals surface area contributed by atoms with Gasteiger partial charge in [0, 0.05) is 6.54 Å². The number of rotatable bonds is 4. The fourth-order valence-electron chi connectivity index (χ4n) is 2.36. The van der Waals surface area contributed by atoms with Crippen LogP contribution in [0.1, 0.15) is 30.2 Å². The van der Waals surface area contributed by atoms with Crippen LogP contribution in [-0.2, 0) is 13.1 Å². The number of nitrogen functional groups attached to an aromatic ring is 1. The Bertz CT molecular complexity index is 637. The van der Waals surface area contributed by atoms with Gasteiger partial charge >= 0.3 is 0 Å². The summed E-state index contributed by atoms with van der Waals surface area (Å²) in [6, 6.07) is 8.20. The Morgan fingerprint density at radius 3 is 2.58 bits per heavy atom. The first kappa shape index (κ1) is 13.5. The summed E-state index contributed by atoms with van der Waals surface area (Å²) in [6.45, 7) is 7.43. The molecule has 1 aromatic heterocycles. The molecule has 1 aromatic carbocycles. The first-order valence-electron chi connectivity index (χ1n) is 6.65. The SMILES string of the molecule is CCCn1c(C)c(N)c(=O)n1Cc1cccc(C)c1. The van der Waals surface area contributed by atoms with Gasteiger partial charge in [-0.3, -0.25) is 9.48 Å². The van der Waals surface area contributed by atoms with Crippen LogP contribution in [0.4, 0.5) is 5.69 Å². The van der Waals surface area contributed by atoms with E-state index in [0.717, 1.165) is 24.2 Å². The zero-order chi connectivity index (χ0) is 14.0. The van der Waals surface area contributed by atoms with E-state index in [1.165, 1.54) is 5.56 Å². The molecule has 0 fully saturated rings. The van der Waals surface area contributed by atoms with E-state index in [9.17, 15) is 4.79 Å². The smallest absolute Gasteiger partial charge is 0.290 e. The van der Waals surface area contributed by atoms with Crippen LogP contribution in [0.5, 0.6) is 0 Å². The Labute approximate surface area is 113 Å². The normalized spacial score (nSPS) is 10.9. The second kappa shape index (κ2) is 5.34. The molecule has 0 spiro atoms. The summed E-state index contributed by atoms with van der Waals surface area (Å²) in [4.78, 5) is 12.2. The molecule has 0 saturated heterocycles. The van der Waals surface area contributed by atoms with Crippen molar-refractivity contribution in [1.29, 1.82) is 0 Å². The topological polar surface area (TPSA) is 52.9 Å². The Balaban J connectivity index is 2.44. The number of hydrogen-bond acceptors (Lipinski definition) is 2. The molecule has 0 aliphatic carbocycles. The lowest BCUT2D eigenvalue weighted by molar-refractivity contribution is 0.456. The molecule has 0 aliphatic heterocycles. The molecule has 19 heavy (non-hydrogen) atoms. The number of anilines is 1. The van der Waals surface area contributed by atoms with Gasteiger partial charge in [-0.25, -0.2) is 4.68 Å². The van der Waals surface area contributed by atoms with Crippen molar-refractivity contribution in [2.45, 2.75) is 40.3 Å². The molecule has 0 unspecified atom stereocenters. The molecule has 0 saturated carbocycles. The predicted molar refractivity (Wildman–Crippen MR) is 78.4 cm³/mol. The third-order valence-corrected chi connectivity index (χ3v) is 3.38. The molecule has 4 nitrogen and oxygen atoms in total. The summed E-state index contributed by atoms with van der Waals surface area (Å²) in [6.07, 6.45) is 0.974. The molecule has 0 bridgehead atoms. The van der Waals surface area contributed by atoms with Crippen molar-refractivity contribution in [2.24, 2.45) is 0 Å². The molecule has 0 radical (unpaired) electrons. The van der Waals surface area contributed by atoms with Crippen molar-refractivity contribution in [1.82, 2.24) is 9.36 Å². The third-order valence-electron chi connectivity index (χ3n) is 3.38. The quantitative estimate of drug-likeness (QED) is 0.916. The molecule has 0 amide bonds. The van der Waals surface area contributed by atoms with E-state index in [1.54, 1.807) is 4.68 Å². The molecule has 1 heterocycles. The van der Waals surface area contributed by atoms with Gasteiger partial charge in [-0.05, 0) is 25.8 Å². The number of hydrogen-bond donors (Lipinski definition) is 1. The maximum atomic E-state index is 12.2. The van der Waals surface area contributed by atoms with Gasteiger partial charge in [0.05, 0.1) is 12.2 Å². The summed E-state index contributed by atoms with van der Waals surface area (Å²) >= 11 is 0. The van der Waals surface area contributed by atoms with Gasteiger partial charge in [-0.2, -0.15) is 0 Å². The van der Waals surface area contributed by atoms with Crippen molar-refractivity contribution in [3.8, 4) is 0 Å². The van der Waals surface area contributed by atoms with Crippen LogP contribution in [0.25, 0.3) is 0 Å². The lowest BCUT2D eigenvalue weighted by Crippen LogP contribution is -2.24. The van der Waals surface area contributed by atoms with Gasteiger partial charge in [0.25, 0.3) is 5.56 Å². The van der Waals surface area contributed by atoms with Gasteiger partial charge in [-0.1, -0.05) is 36.8 Å². The molecule has 102 valence electrons. The van der Waals surface area contributed by atoms with Crippen LogP contribution in [0.15, 0.2) is 29.1 Å². The Morgan fingerprint density at radius 2 is 1.95 bits per heavy atom. The van der Waals surface area contributed by atoms with Gasteiger partial charge < -0.3 is 5.73 Å². The minimum absolute atomic E-state index is 0.0903. The second-order valence-electron chi connectivity index (χ2n) is 4.97. The van der Waals surface area contributed by atoms with E-state index in [0.29, 0.717) is 12.2 Å². The molecule has 2 aromatic rings. The summed E-state index contributed by atoms with van der Waals surface area (Å²) < 4.78 is 3.73. The molecular formula is C15H21N3O. The van der Waals surface area contributed by atoms with Crippen molar-refractivity contribution in [2.75, 3.05) is 5.73 Å². The van der Waals surface area contributed by atoms with E-state index < -0.39 is 0 Å². The van der Waals surface area contributed by atoms with Crippen LogP contribution in [0, 0.1) is 13.8 Å². The lowest BCUT2D eigenvalue weighted by atomic mass is 10.1. The second-order valence-corrected chi connectivity index (χ2v) is 4.97. The summed E-state index contributed by atoms with van der Waals surface area (Å²) in [5.74, 6) is 0. The minimum Gasteiger partial charge on any atom is -0.393 e. The van der Waals surface area contributed by atoms with E-state index in [2.05, 4.69) is 26.0 Å². The molecule has 0 aliphatic rings. The Kier molecular flexibility index (Phi) is 3.79. The van der Waals surface area contributed by atoms with Crippen molar-refractivity contribution in [3.05, 3.63) is 51.4 Å². The fourth-order valence-corrected chi connectivity index (χ4v) is 2.36. The van der Waals surface area contributed by atoms with Crippen LogP contribution in [0.2, 0.25) is 0 Å². The van der Waals surface area contributed by atoms with Gasteiger partial charge in [-0.15, -0.1) is 0 Å². The summed E-state index contributed by atoms with van der Waals surface area (Å²) in [5.41, 5.74) is 9.32. The monoisotopic (exact) mass is 259 g/mol. The first-order valence-corrected chi connectivity index (χ1v) is 6.65. The van der Waals surface area contributed by atoms with Crippen molar-refractivity contribution >= 4 is 5.69 Å². The van der Waals surface area contributed by atoms with Gasteiger partial charge in [0.2, 0.25) is 0 Å². The number of aromatic nitrogens is 2. The highest BCUT2D eigenvalue weighted by molar-refractivity contribution is 5.40. The van der Waals surface area contributed by atoms with Crippen molar-refractivity contribution in [3.63, 3.8) is 0 Å². The summed E-state index contributed by atoms with van der Waals surface area (Å²) in [7, 11) is 0.